The van der Waals surface area contributed by atoms with Crippen molar-refractivity contribution in [2.75, 3.05) is 7.11 Å². The number of ether oxygens (including phenoxy) is 1. The monoisotopic (exact) mass is 243 g/mol. The molecule has 18 heavy (non-hydrogen) atoms. The molecule has 2 aromatic carbocycles. The van der Waals surface area contributed by atoms with E-state index in [2.05, 4.69) is 5.32 Å². The first kappa shape index (κ1) is 12.5. The van der Waals surface area contributed by atoms with Crippen molar-refractivity contribution < 1.29 is 9.84 Å². The highest BCUT2D eigenvalue weighted by atomic mass is 16.5. The first-order chi connectivity index (χ1) is 8.79. The fourth-order valence-electron chi connectivity index (χ4n) is 1.78. The van der Waals surface area contributed by atoms with Crippen LogP contribution in [0, 0.1) is 0 Å². The van der Waals surface area contributed by atoms with Crippen LogP contribution < -0.4 is 10.1 Å². The Hall–Kier alpha value is -2.00. The zero-order valence-electron chi connectivity index (χ0n) is 10.4. The van der Waals surface area contributed by atoms with Crippen molar-refractivity contribution in [3.63, 3.8) is 0 Å². The van der Waals surface area contributed by atoms with E-state index in [1.165, 1.54) is 0 Å². The number of methoxy groups -OCH3 is 1. The third-order valence-electron chi connectivity index (χ3n) is 2.77. The molecule has 0 bridgehead atoms. The molecule has 2 N–H and O–H groups in total. The molecule has 0 aromatic heterocycles. The van der Waals surface area contributed by atoms with Crippen LogP contribution in [-0.2, 0) is 13.1 Å². The number of aromatic hydroxyl groups is 1. The highest BCUT2D eigenvalue weighted by molar-refractivity contribution is 5.32. The van der Waals surface area contributed by atoms with Crippen LogP contribution in [0.5, 0.6) is 11.5 Å². The molecule has 0 saturated heterocycles. The minimum Gasteiger partial charge on any atom is -0.508 e. The van der Waals surface area contributed by atoms with Crippen molar-refractivity contribution in [2.45, 2.75) is 13.1 Å². The van der Waals surface area contributed by atoms with E-state index in [-0.39, 0.29) is 0 Å². The van der Waals surface area contributed by atoms with E-state index in [0.717, 1.165) is 23.4 Å². The molecule has 0 spiro atoms. The van der Waals surface area contributed by atoms with Gasteiger partial charge in [0.15, 0.2) is 0 Å². The first-order valence-corrected chi connectivity index (χ1v) is 5.90. The number of para-hydroxylation sites is 1. The molecule has 0 aliphatic rings. The van der Waals surface area contributed by atoms with Crippen molar-refractivity contribution >= 4 is 0 Å². The Kier molecular flexibility index (Phi) is 4.20. The van der Waals surface area contributed by atoms with E-state index < -0.39 is 0 Å². The molecule has 0 aliphatic carbocycles. The lowest BCUT2D eigenvalue weighted by atomic mass is 10.2. The lowest BCUT2D eigenvalue weighted by molar-refractivity contribution is 0.414. The molecule has 0 amide bonds. The summed E-state index contributed by atoms with van der Waals surface area (Å²) in [7, 11) is 1.66. The third kappa shape index (κ3) is 3.25. The Bertz CT molecular complexity index is 511. The molecule has 2 aromatic rings. The van der Waals surface area contributed by atoms with Gasteiger partial charge in [-0.05, 0) is 23.8 Å². The van der Waals surface area contributed by atoms with Gasteiger partial charge < -0.3 is 15.2 Å². The molecule has 0 radical (unpaired) electrons. The molecule has 0 atom stereocenters. The molecule has 0 fully saturated rings. The fourth-order valence-corrected chi connectivity index (χ4v) is 1.78. The normalized spacial score (nSPS) is 10.3. The van der Waals surface area contributed by atoms with Crippen LogP contribution in [0.4, 0.5) is 0 Å². The minimum atomic E-state index is 0.329. The lowest BCUT2D eigenvalue weighted by Crippen LogP contribution is -2.12. The molecule has 94 valence electrons. The van der Waals surface area contributed by atoms with Gasteiger partial charge >= 0.3 is 0 Å². The average Bonchev–Trinajstić information content (AvgIpc) is 2.41. The van der Waals surface area contributed by atoms with E-state index in [4.69, 9.17) is 4.74 Å². The van der Waals surface area contributed by atoms with Crippen molar-refractivity contribution in [1.29, 1.82) is 0 Å². The van der Waals surface area contributed by atoms with Gasteiger partial charge in [0.25, 0.3) is 0 Å². The Morgan fingerprint density at radius 2 is 1.89 bits per heavy atom. The summed E-state index contributed by atoms with van der Waals surface area (Å²) in [5, 5.41) is 12.9. The van der Waals surface area contributed by atoms with Crippen molar-refractivity contribution in [2.24, 2.45) is 0 Å². The Morgan fingerprint density at radius 1 is 1.06 bits per heavy atom. The summed E-state index contributed by atoms with van der Waals surface area (Å²) in [6, 6.07) is 15.3. The van der Waals surface area contributed by atoms with Crippen LogP contribution in [-0.4, -0.2) is 12.2 Å². The summed E-state index contributed by atoms with van der Waals surface area (Å²) >= 11 is 0. The summed E-state index contributed by atoms with van der Waals surface area (Å²) in [5.74, 6) is 1.19. The average molecular weight is 243 g/mol. The summed E-state index contributed by atoms with van der Waals surface area (Å²) in [4.78, 5) is 0. The second kappa shape index (κ2) is 6.07. The molecule has 0 unspecified atom stereocenters. The van der Waals surface area contributed by atoms with Crippen LogP contribution in [0.15, 0.2) is 48.5 Å². The number of hydrogen-bond acceptors (Lipinski definition) is 3. The number of rotatable bonds is 5. The smallest absolute Gasteiger partial charge is 0.120 e. The van der Waals surface area contributed by atoms with E-state index >= 15 is 0 Å². The topological polar surface area (TPSA) is 41.5 Å². The predicted molar refractivity (Wildman–Crippen MR) is 71.6 cm³/mol. The SMILES string of the molecule is COc1cccc(CNCc2ccccc2O)c1. The third-order valence-corrected chi connectivity index (χ3v) is 2.77. The van der Waals surface area contributed by atoms with Crippen LogP contribution in [0.25, 0.3) is 0 Å². The number of nitrogens with one attached hydrogen (secondary N) is 1. The van der Waals surface area contributed by atoms with E-state index in [9.17, 15) is 5.11 Å². The highest BCUT2D eigenvalue weighted by Gasteiger charge is 1.99. The van der Waals surface area contributed by atoms with Crippen LogP contribution >= 0.6 is 0 Å². The minimum absolute atomic E-state index is 0.329. The molecule has 0 saturated carbocycles. The van der Waals surface area contributed by atoms with Gasteiger partial charge in [-0.1, -0.05) is 30.3 Å². The molecule has 2 rings (SSSR count). The predicted octanol–water partition coefficient (Wildman–Crippen LogP) is 2.69. The van der Waals surface area contributed by atoms with Crippen molar-refractivity contribution in [3.8, 4) is 11.5 Å². The number of phenols is 1. The van der Waals surface area contributed by atoms with Gasteiger partial charge in [0.2, 0.25) is 0 Å². The van der Waals surface area contributed by atoms with Crippen LogP contribution in [0.3, 0.4) is 0 Å². The summed E-state index contributed by atoms with van der Waals surface area (Å²) in [5.41, 5.74) is 2.06. The summed E-state index contributed by atoms with van der Waals surface area (Å²) in [6.07, 6.45) is 0. The maximum absolute atomic E-state index is 9.63. The van der Waals surface area contributed by atoms with Gasteiger partial charge in [0.05, 0.1) is 7.11 Å². The highest BCUT2D eigenvalue weighted by Crippen LogP contribution is 2.16. The molecule has 3 nitrogen and oxygen atoms in total. The molecule has 3 heteroatoms. The van der Waals surface area contributed by atoms with Gasteiger partial charge in [-0.2, -0.15) is 0 Å². The maximum Gasteiger partial charge on any atom is 0.120 e. The fraction of sp³-hybridized carbons (Fsp3) is 0.200. The maximum atomic E-state index is 9.63. The zero-order valence-corrected chi connectivity index (χ0v) is 10.4. The van der Waals surface area contributed by atoms with E-state index in [0.29, 0.717) is 12.3 Å². The first-order valence-electron chi connectivity index (χ1n) is 5.90. The summed E-state index contributed by atoms with van der Waals surface area (Å²) in [6.45, 7) is 1.38. The quantitative estimate of drug-likeness (QED) is 0.848. The van der Waals surface area contributed by atoms with Crippen molar-refractivity contribution in [3.05, 3.63) is 59.7 Å². The Morgan fingerprint density at radius 3 is 2.67 bits per heavy atom. The van der Waals surface area contributed by atoms with Gasteiger partial charge in [-0.15, -0.1) is 0 Å². The van der Waals surface area contributed by atoms with Crippen LogP contribution in [0.2, 0.25) is 0 Å². The van der Waals surface area contributed by atoms with Gasteiger partial charge in [0, 0.05) is 18.7 Å². The molecule has 0 heterocycles. The number of hydrogen-bond donors (Lipinski definition) is 2. The van der Waals surface area contributed by atoms with Crippen molar-refractivity contribution in [1.82, 2.24) is 5.32 Å². The number of benzene rings is 2. The van der Waals surface area contributed by atoms with Gasteiger partial charge in [-0.3, -0.25) is 0 Å². The lowest BCUT2D eigenvalue weighted by Gasteiger charge is -2.08. The zero-order chi connectivity index (χ0) is 12.8. The second-order valence-electron chi connectivity index (χ2n) is 4.08. The van der Waals surface area contributed by atoms with Crippen LogP contribution in [0.1, 0.15) is 11.1 Å². The molecular weight excluding hydrogens is 226 g/mol. The Labute approximate surface area is 107 Å². The van der Waals surface area contributed by atoms with E-state index in [1.54, 1.807) is 13.2 Å². The largest absolute Gasteiger partial charge is 0.508 e. The van der Waals surface area contributed by atoms with Gasteiger partial charge in [0.1, 0.15) is 11.5 Å². The summed E-state index contributed by atoms with van der Waals surface area (Å²) < 4.78 is 5.17. The Balaban J connectivity index is 1.90. The standard InChI is InChI=1S/C15H17NO2/c1-18-14-7-4-5-12(9-14)10-16-11-13-6-2-3-8-15(13)17/h2-9,16-17H,10-11H2,1H3. The number of phenolic OH excluding ortho intramolecular Hbond substituents is 1. The van der Waals surface area contributed by atoms with E-state index in [1.807, 2.05) is 42.5 Å². The molecular formula is C15H17NO2. The van der Waals surface area contributed by atoms with Gasteiger partial charge in [-0.25, -0.2) is 0 Å². The molecule has 0 aliphatic heterocycles. The second-order valence-corrected chi connectivity index (χ2v) is 4.08.